The number of nitriles is 1. The summed E-state index contributed by atoms with van der Waals surface area (Å²) in [5, 5.41) is 17.9. The molecule has 1 aromatic rings. The van der Waals surface area contributed by atoms with Crippen molar-refractivity contribution in [1.82, 2.24) is 0 Å². The van der Waals surface area contributed by atoms with Crippen molar-refractivity contribution in [2.45, 2.75) is 6.92 Å². The number of hydrogen-bond acceptors (Lipinski definition) is 5. The van der Waals surface area contributed by atoms with Gasteiger partial charge in [0.25, 0.3) is 0 Å². The molecule has 6 nitrogen and oxygen atoms in total. The van der Waals surface area contributed by atoms with Crippen LogP contribution < -0.4 is 14.4 Å². The van der Waals surface area contributed by atoms with Crippen LogP contribution in [0.15, 0.2) is 18.2 Å². The van der Waals surface area contributed by atoms with Gasteiger partial charge in [-0.1, -0.05) is 6.92 Å². The molecule has 0 saturated heterocycles. The highest BCUT2D eigenvalue weighted by Gasteiger charge is 2.19. The molecule has 0 amide bonds. The molecule has 6 heteroatoms. The Bertz CT molecular complexity index is 510. The average molecular weight is 278 g/mol. The number of carboxylic acids is 1. The molecule has 1 aromatic carbocycles. The van der Waals surface area contributed by atoms with Crippen molar-refractivity contribution in [2.24, 2.45) is 5.92 Å². The van der Waals surface area contributed by atoms with E-state index >= 15 is 0 Å². The molecule has 1 atom stereocenters. The van der Waals surface area contributed by atoms with Crippen LogP contribution in [-0.2, 0) is 4.79 Å². The third-order valence-electron chi connectivity index (χ3n) is 2.90. The minimum absolute atomic E-state index is 0.0706. The smallest absolute Gasteiger partial charge is 0.308 e. The van der Waals surface area contributed by atoms with E-state index in [0.29, 0.717) is 17.2 Å². The highest BCUT2D eigenvalue weighted by molar-refractivity contribution is 5.71. The molecule has 108 valence electrons. The lowest BCUT2D eigenvalue weighted by Gasteiger charge is -2.25. The lowest BCUT2D eigenvalue weighted by Crippen LogP contribution is -2.32. The fraction of sp³-hybridized carbons (Fsp3) is 0.429. The zero-order valence-corrected chi connectivity index (χ0v) is 11.8. The van der Waals surface area contributed by atoms with Crippen LogP contribution in [0.1, 0.15) is 6.92 Å². The van der Waals surface area contributed by atoms with Gasteiger partial charge in [0, 0.05) is 12.6 Å². The van der Waals surface area contributed by atoms with Crippen LogP contribution >= 0.6 is 0 Å². The lowest BCUT2D eigenvalue weighted by atomic mass is 10.1. The van der Waals surface area contributed by atoms with Crippen molar-refractivity contribution in [3.05, 3.63) is 18.2 Å². The van der Waals surface area contributed by atoms with E-state index in [1.54, 1.807) is 37.1 Å². The van der Waals surface area contributed by atoms with E-state index in [1.807, 2.05) is 6.07 Å². The fourth-order valence-electron chi connectivity index (χ4n) is 1.79. The van der Waals surface area contributed by atoms with Gasteiger partial charge < -0.3 is 19.5 Å². The first-order valence-electron chi connectivity index (χ1n) is 6.10. The fourth-order valence-corrected chi connectivity index (χ4v) is 1.79. The molecular formula is C14H18N2O4. The van der Waals surface area contributed by atoms with Crippen molar-refractivity contribution in [2.75, 3.05) is 32.2 Å². The van der Waals surface area contributed by atoms with Crippen molar-refractivity contribution in [1.29, 1.82) is 5.26 Å². The van der Waals surface area contributed by atoms with Gasteiger partial charge in [0.15, 0.2) is 0 Å². The molecule has 0 radical (unpaired) electrons. The first-order chi connectivity index (χ1) is 9.53. The van der Waals surface area contributed by atoms with E-state index in [9.17, 15) is 4.79 Å². The summed E-state index contributed by atoms with van der Waals surface area (Å²) < 4.78 is 10.4. The normalized spacial score (nSPS) is 11.3. The SMILES string of the molecule is COc1ccc(OC)c(N(CC#N)CC(C)C(=O)O)c1. The zero-order valence-electron chi connectivity index (χ0n) is 11.8. The van der Waals surface area contributed by atoms with Crippen LogP contribution in [-0.4, -0.2) is 38.4 Å². The quantitative estimate of drug-likeness (QED) is 0.765. The summed E-state index contributed by atoms with van der Waals surface area (Å²) in [6, 6.07) is 7.23. The number of nitrogens with zero attached hydrogens (tertiary/aromatic N) is 2. The predicted molar refractivity (Wildman–Crippen MR) is 74.2 cm³/mol. The van der Waals surface area contributed by atoms with Gasteiger partial charge in [0.1, 0.15) is 18.0 Å². The Morgan fingerprint density at radius 1 is 1.45 bits per heavy atom. The molecule has 0 aliphatic heterocycles. The second-order valence-electron chi connectivity index (χ2n) is 4.32. The molecule has 0 aromatic heterocycles. The maximum Gasteiger partial charge on any atom is 0.308 e. The summed E-state index contributed by atoms with van der Waals surface area (Å²) in [7, 11) is 3.07. The zero-order chi connectivity index (χ0) is 15.1. The number of hydrogen-bond donors (Lipinski definition) is 1. The average Bonchev–Trinajstić information content (AvgIpc) is 2.45. The second kappa shape index (κ2) is 7.24. The summed E-state index contributed by atoms with van der Waals surface area (Å²) in [6.45, 7) is 1.88. The second-order valence-corrected chi connectivity index (χ2v) is 4.32. The number of rotatable bonds is 7. The summed E-state index contributed by atoms with van der Waals surface area (Å²) in [4.78, 5) is 12.6. The Hall–Kier alpha value is -2.42. The van der Waals surface area contributed by atoms with Gasteiger partial charge in [0.2, 0.25) is 0 Å². The highest BCUT2D eigenvalue weighted by atomic mass is 16.5. The largest absolute Gasteiger partial charge is 0.497 e. The molecule has 0 spiro atoms. The number of benzene rings is 1. The molecule has 0 saturated carbocycles. The van der Waals surface area contributed by atoms with Crippen LogP contribution in [0, 0.1) is 17.2 Å². The first kappa shape index (κ1) is 15.6. The maximum atomic E-state index is 11.0. The number of anilines is 1. The highest BCUT2D eigenvalue weighted by Crippen LogP contribution is 2.32. The van der Waals surface area contributed by atoms with Gasteiger partial charge in [-0.15, -0.1) is 0 Å². The van der Waals surface area contributed by atoms with E-state index in [4.69, 9.17) is 19.8 Å². The van der Waals surface area contributed by atoms with Gasteiger partial charge in [-0.2, -0.15) is 5.26 Å². The van der Waals surface area contributed by atoms with Crippen LogP contribution in [0.4, 0.5) is 5.69 Å². The maximum absolute atomic E-state index is 11.0. The van der Waals surface area contributed by atoms with Crippen LogP contribution in [0.2, 0.25) is 0 Å². The van der Waals surface area contributed by atoms with E-state index in [1.165, 1.54) is 7.11 Å². The van der Waals surface area contributed by atoms with E-state index in [2.05, 4.69) is 0 Å². The van der Waals surface area contributed by atoms with Gasteiger partial charge >= 0.3 is 5.97 Å². The van der Waals surface area contributed by atoms with Crippen LogP contribution in [0.5, 0.6) is 11.5 Å². The third-order valence-corrected chi connectivity index (χ3v) is 2.90. The van der Waals surface area contributed by atoms with Crippen molar-refractivity contribution < 1.29 is 19.4 Å². The molecule has 0 bridgehead atoms. The summed E-state index contributed by atoms with van der Waals surface area (Å²) >= 11 is 0. The van der Waals surface area contributed by atoms with E-state index in [-0.39, 0.29) is 13.1 Å². The molecule has 0 heterocycles. The summed E-state index contributed by atoms with van der Waals surface area (Å²) in [5.74, 6) is -0.320. The van der Waals surface area contributed by atoms with Crippen LogP contribution in [0.3, 0.4) is 0 Å². The molecule has 20 heavy (non-hydrogen) atoms. The molecule has 0 fully saturated rings. The Kier molecular flexibility index (Phi) is 5.66. The molecular weight excluding hydrogens is 260 g/mol. The number of aliphatic carboxylic acids is 1. The molecule has 1 rings (SSSR count). The van der Waals surface area contributed by atoms with Gasteiger partial charge in [-0.25, -0.2) is 0 Å². The minimum Gasteiger partial charge on any atom is -0.497 e. The van der Waals surface area contributed by atoms with Gasteiger partial charge in [-0.3, -0.25) is 4.79 Å². The summed E-state index contributed by atoms with van der Waals surface area (Å²) in [5.41, 5.74) is 0.640. The number of ether oxygens (including phenoxy) is 2. The van der Waals surface area contributed by atoms with Crippen molar-refractivity contribution in [3.63, 3.8) is 0 Å². The molecule has 1 unspecified atom stereocenters. The lowest BCUT2D eigenvalue weighted by molar-refractivity contribution is -0.140. The predicted octanol–water partition coefficient (Wildman–Crippen LogP) is 1.75. The Morgan fingerprint density at radius 2 is 2.15 bits per heavy atom. The van der Waals surface area contributed by atoms with E-state index < -0.39 is 11.9 Å². The van der Waals surface area contributed by atoms with Gasteiger partial charge in [0.05, 0.1) is 31.9 Å². The third kappa shape index (κ3) is 3.79. The Morgan fingerprint density at radius 3 is 2.65 bits per heavy atom. The van der Waals surface area contributed by atoms with E-state index in [0.717, 1.165) is 0 Å². The topological polar surface area (TPSA) is 82.8 Å². The number of carboxylic acid groups (broad SMARTS) is 1. The van der Waals surface area contributed by atoms with Crippen molar-refractivity contribution in [3.8, 4) is 17.6 Å². The standard InChI is InChI=1S/C14H18N2O4/c1-10(14(17)18)9-16(7-6-15)12-8-11(19-2)4-5-13(12)20-3/h4-5,8,10H,7,9H2,1-3H3,(H,17,18). The monoisotopic (exact) mass is 278 g/mol. The summed E-state index contributed by atoms with van der Waals surface area (Å²) in [6.07, 6.45) is 0. The number of methoxy groups -OCH3 is 2. The van der Waals surface area contributed by atoms with Crippen LogP contribution in [0.25, 0.3) is 0 Å². The minimum atomic E-state index is -0.908. The Balaban J connectivity index is 3.12. The first-order valence-corrected chi connectivity index (χ1v) is 6.10. The number of carbonyl (C=O) groups is 1. The molecule has 1 N–H and O–H groups in total. The van der Waals surface area contributed by atoms with Gasteiger partial charge in [-0.05, 0) is 12.1 Å². The molecule has 0 aliphatic rings. The van der Waals surface area contributed by atoms with Crippen molar-refractivity contribution >= 4 is 11.7 Å². The molecule has 0 aliphatic carbocycles. The Labute approximate surface area is 118 Å².